The summed E-state index contributed by atoms with van der Waals surface area (Å²) in [4.78, 5) is 8.69. The number of hydrogen-bond acceptors (Lipinski definition) is 4. The van der Waals surface area contributed by atoms with Gasteiger partial charge in [-0.25, -0.2) is 9.97 Å². The predicted octanol–water partition coefficient (Wildman–Crippen LogP) is 0.269. The fourth-order valence-electron chi connectivity index (χ4n) is 1.41. The fraction of sp³-hybridized carbons (Fsp3) is 0.556. The molecule has 0 spiro atoms. The summed E-state index contributed by atoms with van der Waals surface area (Å²) in [5.41, 5.74) is 2.36. The normalized spacial score (nSPS) is 14.5. The van der Waals surface area contributed by atoms with Crippen LogP contribution in [0.4, 0.5) is 0 Å². The molecule has 4 nitrogen and oxygen atoms in total. The Hall–Kier alpha value is -1.00. The number of ether oxygens (including phenoxy) is 1. The van der Waals surface area contributed by atoms with E-state index in [1.165, 1.54) is 5.56 Å². The van der Waals surface area contributed by atoms with Crippen molar-refractivity contribution in [3.8, 4) is 0 Å². The zero-order valence-electron chi connectivity index (χ0n) is 7.71. The Bertz CT molecular complexity index is 301. The first-order valence-corrected chi connectivity index (χ1v) is 4.43. The Morgan fingerprint density at radius 2 is 2.46 bits per heavy atom. The summed E-state index contributed by atoms with van der Waals surface area (Å²) >= 11 is 0. The largest absolute Gasteiger partial charge is 0.384 e. The summed E-state index contributed by atoms with van der Waals surface area (Å²) in [6.07, 6.45) is 2.71. The monoisotopic (exact) mass is 179 g/mol. The Labute approximate surface area is 77.4 Å². The summed E-state index contributed by atoms with van der Waals surface area (Å²) in [6.45, 7) is 2.46. The number of aromatic nitrogens is 2. The van der Waals surface area contributed by atoms with Gasteiger partial charge in [0.1, 0.15) is 5.82 Å². The van der Waals surface area contributed by atoms with E-state index in [0.717, 1.165) is 31.0 Å². The van der Waals surface area contributed by atoms with Gasteiger partial charge in [-0.2, -0.15) is 0 Å². The molecule has 0 atom stereocenters. The summed E-state index contributed by atoms with van der Waals surface area (Å²) in [5, 5.41) is 3.24. The van der Waals surface area contributed by atoms with Crippen LogP contribution in [0.1, 0.15) is 17.1 Å². The standard InChI is InChI=1S/C9H13N3O/c1-13-3-2-9-11-5-7-4-10-6-8(7)12-9/h5,10H,2-4,6H2,1H3. The molecule has 1 aliphatic rings. The molecular formula is C9H13N3O. The van der Waals surface area contributed by atoms with Crippen molar-refractivity contribution >= 4 is 0 Å². The molecule has 2 heterocycles. The average Bonchev–Trinajstić information content (AvgIpc) is 2.61. The van der Waals surface area contributed by atoms with Gasteiger partial charge in [0.05, 0.1) is 12.3 Å². The lowest BCUT2D eigenvalue weighted by Crippen LogP contribution is -2.03. The van der Waals surface area contributed by atoms with Crippen LogP contribution in [0.5, 0.6) is 0 Å². The molecule has 4 heteroatoms. The average molecular weight is 179 g/mol. The highest BCUT2D eigenvalue weighted by Crippen LogP contribution is 2.11. The van der Waals surface area contributed by atoms with Gasteiger partial charge in [0.15, 0.2) is 0 Å². The summed E-state index contributed by atoms with van der Waals surface area (Å²) < 4.78 is 4.97. The van der Waals surface area contributed by atoms with E-state index < -0.39 is 0 Å². The van der Waals surface area contributed by atoms with Crippen LogP contribution in [0.15, 0.2) is 6.20 Å². The number of nitrogens with zero attached hydrogens (tertiary/aromatic N) is 2. The van der Waals surface area contributed by atoms with Crippen LogP contribution in [0.3, 0.4) is 0 Å². The van der Waals surface area contributed by atoms with Crippen molar-refractivity contribution in [2.45, 2.75) is 19.5 Å². The van der Waals surface area contributed by atoms with Crippen molar-refractivity contribution in [3.63, 3.8) is 0 Å². The van der Waals surface area contributed by atoms with Gasteiger partial charge in [0.25, 0.3) is 0 Å². The molecule has 0 bridgehead atoms. The van der Waals surface area contributed by atoms with Gasteiger partial charge in [-0.05, 0) is 0 Å². The highest BCUT2D eigenvalue weighted by atomic mass is 16.5. The first kappa shape index (κ1) is 8.59. The highest BCUT2D eigenvalue weighted by molar-refractivity contribution is 5.21. The van der Waals surface area contributed by atoms with Crippen LogP contribution in [-0.2, 0) is 24.2 Å². The second-order valence-electron chi connectivity index (χ2n) is 3.10. The third-order valence-electron chi connectivity index (χ3n) is 2.14. The second-order valence-corrected chi connectivity index (χ2v) is 3.10. The molecule has 2 rings (SSSR count). The number of rotatable bonds is 3. The van der Waals surface area contributed by atoms with Crippen LogP contribution >= 0.6 is 0 Å². The fourth-order valence-corrected chi connectivity index (χ4v) is 1.41. The quantitative estimate of drug-likeness (QED) is 0.723. The van der Waals surface area contributed by atoms with Crippen LogP contribution in [0.25, 0.3) is 0 Å². The van der Waals surface area contributed by atoms with E-state index in [1.807, 2.05) is 6.20 Å². The van der Waals surface area contributed by atoms with E-state index in [0.29, 0.717) is 6.61 Å². The molecule has 1 N–H and O–H groups in total. The molecule has 0 fully saturated rings. The zero-order valence-corrected chi connectivity index (χ0v) is 7.71. The van der Waals surface area contributed by atoms with E-state index in [9.17, 15) is 0 Å². The van der Waals surface area contributed by atoms with E-state index in [2.05, 4.69) is 15.3 Å². The maximum atomic E-state index is 4.97. The molecule has 0 aliphatic carbocycles. The Morgan fingerprint density at radius 3 is 3.31 bits per heavy atom. The van der Waals surface area contributed by atoms with Crippen molar-refractivity contribution in [2.24, 2.45) is 0 Å². The van der Waals surface area contributed by atoms with E-state index >= 15 is 0 Å². The first-order valence-electron chi connectivity index (χ1n) is 4.43. The molecule has 1 aliphatic heterocycles. The van der Waals surface area contributed by atoms with Crippen molar-refractivity contribution in [1.82, 2.24) is 15.3 Å². The zero-order chi connectivity index (χ0) is 9.10. The molecule has 0 radical (unpaired) electrons. The maximum Gasteiger partial charge on any atom is 0.130 e. The predicted molar refractivity (Wildman–Crippen MR) is 48.2 cm³/mol. The molecular weight excluding hydrogens is 166 g/mol. The molecule has 1 aromatic heterocycles. The molecule has 0 saturated carbocycles. The molecule has 0 saturated heterocycles. The van der Waals surface area contributed by atoms with E-state index in [1.54, 1.807) is 7.11 Å². The number of fused-ring (bicyclic) bond motifs is 1. The smallest absolute Gasteiger partial charge is 0.130 e. The topological polar surface area (TPSA) is 47.0 Å². The van der Waals surface area contributed by atoms with Crippen LogP contribution < -0.4 is 5.32 Å². The third-order valence-corrected chi connectivity index (χ3v) is 2.14. The van der Waals surface area contributed by atoms with Gasteiger partial charge in [-0.1, -0.05) is 0 Å². The molecule has 70 valence electrons. The van der Waals surface area contributed by atoms with Crippen LogP contribution in [-0.4, -0.2) is 23.7 Å². The number of hydrogen-bond donors (Lipinski definition) is 1. The Morgan fingerprint density at radius 1 is 1.54 bits per heavy atom. The van der Waals surface area contributed by atoms with Gasteiger partial charge in [0.2, 0.25) is 0 Å². The van der Waals surface area contributed by atoms with Crippen LogP contribution in [0, 0.1) is 0 Å². The third kappa shape index (κ3) is 1.84. The number of nitrogens with one attached hydrogen (secondary N) is 1. The van der Waals surface area contributed by atoms with Crippen LogP contribution in [0.2, 0.25) is 0 Å². The molecule has 0 aromatic carbocycles. The minimum Gasteiger partial charge on any atom is -0.384 e. The maximum absolute atomic E-state index is 4.97. The second kappa shape index (κ2) is 3.81. The van der Waals surface area contributed by atoms with Gasteiger partial charge < -0.3 is 10.1 Å². The lowest BCUT2D eigenvalue weighted by molar-refractivity contribution is 0.200. The summed E-state index contributed by atoms with van der Waals surface area (Å²) in [7, 11) is 1.69. The number of methoxy groups -OCH3 is 1. The molecule has 0 amide bonds. The molecule has 13 heavy (non-hydrogen) atoms. The van der Waals surface area contributed by atoms with Crippen molar-refractivity contribution < 1.29 is 4.74 Å². The summed E-state index contributed by atoms with van der Waals surface area (Å²) in [6, 6.07) is 0. The van der Waals surface area contributed by atoms with E-state index in [4.69, 9.17) is 4.74 Å². The van der Waals surface area contributed by atoms with Crippen molar-refractivity contribution in [3.05, 3.63) is 23.3 Å². The van der Waals surface area contributed by atoms with Crippen molar-refractivity contribution in [2.75, 3.05) is 13.7 Å². The SMILES string of the molecule is COCCc1ncc2c(n1)CNC2. The Balaban J connectivity index is 2.12. The van der Waals surface area contributed by atoms with Gasteiger partial charge >= 0.3 is 0 Å². The lowest BCUT2D eigenvalue weighted by Gasteiger charge is -2.01. The minimum atomic E-state index is 0.687. The minimum absolute atomic E-state index is 0.687. The summed E-state index contributed by atoms with van der Waals surface area (Å²) in [5.74, 6) is 0.879. The van der Waals surface area contributed by atoms with Crippen molar-refractivity contribution in [1.29, 1.82) is 0 Å². The highest BCUT2D eigenvalue weighted by Gasteiger charge is 2.12. The Kier molecular flexibility index (Phi) is 2.52. The molecule has 0 unspecified atom stereocenters. The van der Waals surface area contributed by atoms with Gasteiger partial charge in [-0.3, -0.25) is 0 Å². The van der Waals surface area contributed by atoms with Gasteiger partial charge in [-0.15, -0.1) is 0 Å². The van der Waals surface area contributed by atoms with Gasteiger partial charge in [0, 0.05) is 38.4 Å². The molecule has 1 aromatic rings. The van der Waals surface area contributed by atoms with E-state index in [-0.39, 0.29) is 0 Å². The first-order chi connectivity index (χ1) is 6.40. The lowest BCUT2D eigenvalue weighted by atomic mass is 10.2.